The Labute approximate surface area is 96.1 Å². The van der Waals surface area contributed by atoms with Crippen LogP contribution in [0.5, 0.6) is 0 Å². The monoisotopic (exact) mass is 243 g/mol. The second kappa shape index (κ2) is 4.33. The van der Waals surface area contributed by atoms with Gasteiger partial charge >= 0.3 is 5.97 Å². The second-order valence-electron chi connectivity index (χ2n) is 3.97. The van der Waals surface area contributed by atoms with Gasteiger partial charge in [0.1, 0.15) is 0 Å². The largest absolute Gasteiger partial charge is 0.476 e. The van der Waals surface area contributed by atoms with Gasteiger partial charge in [-0.2, -0.15) is 0 Å². The molecule has 0 aliphatic carbocycles. The van der Waals surface area contributed by atoms with Crippen molar-refractivity contribution in [1.29, 1.82) is 0 Å². The maximum absolute atomic E-state index is 13.0. The molecule has 0 aromatic carbocycles. The summed E-state index contributed by atoms with van der Waals surface area (Å²) in [6.45, 7) is -0.0314. The van der Waals surface area contributed by atoms with E-state index < -0.39 is 11.9 Å². The van der Waals surface area contributed by atoms with Gasteiger partial charge in [0.25, 0.3) is 5.92 Å². The van der Waals surface area contributed by atoms with Crippen LogP contribution < -0.4 is 0 Å². The lowest BCUT2D eigenvalue weighted by atomic mass is 10.3. The summed E-state index contributed by atoms with van der Waals surface area (Å²) in [6.07, 6.45) is 2.43. The molecule has 17 heavy (non-hydrogen) atoms. The van der Waals surface area contributed by atoms with Crippen molar-refractivity contribution in [2.45, 2.75) is 18.9 Å². The van der Waals surface area contributed by atoms with Crippen LogP contribution in [-0.4, -0.2) is 45.0 Å². The summed E-state index contributed by atoms with van der Waals surface area (Å²) in [6, 6.07) is 0. The Hall–Kier alpha value is -1.63. The normalized spacial score (nSPS) is 19.4. The van der Waals surface area contributed by atoms with E-state index in [2.05, 4.69) is 9.97 Å². The molecule has 0 bridgehead atoms. The summed E-state index contributed by atoms with van der Waals surface area (Å²) in [7, 11) is 0. The number of rotatable bonds is 3. The molecule has 1 saturated heterocycles. The number of likely N-dealkylation sites (tertiary alicyclic amines) is 1. The van der Waals surface area contributed by atoms with Crippen LogP contribution in [-0.2, 0) is 6.54 Å². The highest BCUT2D eigenvalue weighted by molar-refractivity contribution is 5.86. The number of aromatic carboxylic acids is 1. The topological polar surface area (TPSA) is 66.3 Å². The van der Waals surface area contributed by atoms with Gasteiger partial charge in [0.05, 0.1) is 12.2 Å². The van der Waals surface area contributed by atoms with Crippen molar-refractivity contribution in [3.8, 4) is 0 Å². The predicted molar refractivity (Wildman–Crippen MR) is 53.8 cm³/mol. The van der Waals surface area contributed by atoms with Crippen molar-refractivity contribution < 1.29 is 18.7 Å². The van der Waals surface area contributed by atoms with E-state index in [4.69, 9.17) is 5.11 Å². The number of carbonyl (C=O) groups is 1. The van der Waals surface area contributed by atoms with Gasteiger partial charge < -0.3 is 5.11 Å². The van der Waals surface area contributed by atoms with E-state index in [0.29, 0.717) is 0 Å². The van der Waals surface area contributed by atoms with Crippen LogP contribution in [0, 0.1) is 0 Å². The predicted octanol–water partition coefficient (Wildman–Crippen LogP) is 1.02. The van der Waals surface area contributed by atoms with E-state index in [1.54, 1.807) is 0 Å². The molecule has 1 aromatic heterocycles. The highest BCUT2D eigenvalue weighted by Crippen LogP contribution is 2.27. The molecule has 0 atom stereocenters. The minimum Gasteiger partial charge on any atom is -0.476 e. The number of hydrogen-bond acceptors (Lipinski definition) is 4. The van der Waals surface area contributed by atoms with E-state index in [1.807, 2.05) is 0 Å². The number of carboxylic acids is 1. The maximum Gasteiger partial charge on any atom is 0.356 e. The quantitative estimate of drug-likeness (QED) is 0.858. The first kappa shape index (κ1) is 11.8. The average molecular weight is 243 g/mol. The Balaban J connectivity index is 2.12. The van der Waals surface area contributed by atoms with Gasteiger partial charge in [-0.15, -0.1) is 0 Å². The molecule has 92 valence electrons. The summed E-state index contributed by atoms with van der Waals surface area (Å²) in [4.78, 5) is 19.9. The molecular formula is C10H11F2N3O2. The lowest BCUT2D eigenvalue weighted by Gasteiger charge is -2.15. The summed E-state index contributed by atoms with van der Waals surface area (Å²) in [5, 5.41) is 8.87. The maximum atomic E-state index is 13.0. The first-order valence-electron chi connectivity index (χ1n) is 5.11. The molecule has 7 heteroatoms. The summed E-state index contributed by atoms with van der Waals surface area (Å²) < 4.78 is 25.9. The molecular weight excluding hydrogens is 232 g/mol. The number of halogens is 2. The molecule has 0 saturated carbocycles. The highest BCUT2D eigenvalue weighted by Gasteiger charge is 2.38. The zero-order valence-electron chi connectivity index (χ0n) is 8.94. The third-order valence-corrected chi connectivity index (χ3v) is 2.60. The standard InChI is InChI=1S/C10H11F2N3O2/c11-10(12)1-4-15(6-10)5-7-8(9(16)17)14-3-2-13-7/h2-3H,1,4-6H2,(H,16,17). The minimum atomic E-state index is -2.69. The summed E-state index contributed by atoms with van der Waals surface area (Å²) in [5.41, 5.74) is 0.0421. The fourth-order valence-electron chi connectivity index (χ4n) is 1.81. The van der Waals surface area contributed by atoms with Gasteiger partial charge in [-0.05, 0) is 0 Å². The van der Waals surface area contributed by atoms with Crippen LogP contribution >= 0.6 is 0 Å². The fourth-order valence-corrected chi connectivity index (χ4v) is 1.81. The molecule has 5 nitrogen and oxygen atoms in total. The van der Waals surface area contributed by atoms with E-state index in [1.165, 1.54) is 17.3 Å². The number of nitrogens with zero attached hydrogens (tertiary/aromatic N) is 3. The van der Waals surface area contributed by atoms with E-state index in [0.717, 1.165) is 0 Å². The number of carboxylic acid groups (broad SMARTS) is 1. The molecule has 1 N–H and O–H groups in total. The third-order valence-electron chi connectivity index (χ3n) is 2.60. The molecule has 2 rings (SSSR count). The van der Waals surface area contributed by atoms with Crippen LogP contribution in [0.1, 0.15) is 22.6 Å². The third kappa shape index (κ3) is 2.73. The van der Waals surface area contributed by atoms with Gasteiger partial charge in [0, 0.05) is 31.9 Å². The average Bonchev–Trinajstić information content (AvgIpc) is 2.58. The number of alkyl halides is 2. The molecule has 0 unspecified atom stereocenters. The van der Waals surface area contributed by atoms with E-state index in [9.17, 15) is 13.6 Å². The van der Waals surface area contributed by atoms with Crippen LogP contribution in [0.4, 0.5) is 8.78 Å². The zero-order chi connectivity index (χ0) is 12.5. The highest BCUT2D eigenvalue weighted by atomic mass is 19.3. The Morgan fingerprint density at radius 2 is 2.18 bits per heavy atom. The first-order valence-corrected chi connectivity index (χ1v) is 5.11. The van der Waals surface area contributed by atoms with Gasteiger partial charge in [-0.1, -0.05) is 0 Å². The molecule has 0 amide bonds. The van der Waals surface area contributed by atoms with Gasteiger partial charge in [0.2, 0.25) is 0 Å². The molecule has 1 aliphatic rings. The van der Waals surface area contributed by atoms with E-state index >= 15 is 0 Å². The van der Waals surface area contributed by atoms with Crippen molar-refractivity contribution in [2.75, 3.05) is 13.1 Å². The van der Waals surface area contributed by atoms with E-state index in [-0.39, 0.29) is 37.4 Å². The van der Waals surface area contributed by atoms with Crippen molar-refractivity contribution in [1.82, 2.24) is 14.9 Å². The van der Waals surface area contributed by atoms with Crippen molar-refractivity contribution in [3.63, 3.8) is 0 Å². The Kier molecular flexibility index (Phi) is 3.01. The minimum absolute atomic E-state index is 0.0884. The van der Waals surface area contributed by atoms with Crippen LogP contribution in [0.3, 0.4) is 0 Å². The molecule has 1 aliphatic heterocycles. The molecule has 2 heterocycles. The van der Waals surface area contributed by atoms with Gasteiger partial charge in [-0.3, -0.25) is 9.88 Å². The number of aromatic nitrogens is 2. The molecule has 1 aromatic rings. The zero-order valence-corrected chi connectivity index (χ0v) is 8.94. The smallest absolute Gasteiger partial charge is 0.356 e. The van der Waals surface area contributed by atoms with Crippen LogP contribution in [0.2, 0.25) is 0 Å². The Bertz CT molecular complexity index is 439. The fraction of sp³-hybridized carbons (Fsp3) is 0.500. The first-order chi connectivity index (χ1) is 7.98. The van der Waals surface area contributed by atoms with Gasteiger partial charge in [0.15, 0.2) is 5.69 Å². The summed E-state index contributed by atoms with van der Waals surface area (Å²) >= 11 is 0. The Morgan fingerprint density at radius 1 is 1.47 bits per heavy atom. The van der Waals surface area contributed by atoms with Crippen LogP contribution in [0.15, 0.2) is 12.4 Å². The van der Waals surface area contributed by atoms with Crippen molar-refractivity contribution >= 4 is 5.97 Å². The summed E-state index contributed by atoms with van der Waals surface area (Å²) in [5.74, 6) is -3.88. The van der Waals surface area contributed by atoms with Crippen LogP contribution in [0.25, 0.3) is 0 Å². The SMILES string of the molecule is O=C(O)c1nccnc1CN1CCC(F)(F)C1. The van der Waals surface area contributed by atoms with Crippen molar-refractivity contribution in [3.05, 3.63) is 23.8 Å². The molecule has 1 fully saturated rings. The van der Waals surface area contributed by atoms with Crippen molar-refractivity contribution in [2.24, 2.45) is 0 Å². The number of hydrogen-bond donors (Lipinski definition) is 1. The second-order valence-corrected chi connectivity index (χ2v) is 3.97. The lowest BCUT2D eigenvalue weighted by Crippen LogP contribution is -2.26. The van der Waals surface area contributed by atoms with Gasteiger partial charge in [-0.25, -0.2) is 18.6 Å². The lowest BCUT2D eigenvalue weighted by molar-refractivity contribution is 0.0114. The molecule has 0 radical (unpaired) electrons. The molecule has 0 spiro atoms. The Morgan fingerprint density at radius 3 is 2.76 bits per heavy atom.